The van der Waals surface area contributed by atoms with Crippen molar-refractivity contribution in [2.45, 2.75) is 25.8 Å². The number of fused-ring (bicyclic) bond motifs is 2. The number of nitrogens with zero attached hydrogens (tertiary/aromatic N) is 5. The van der Waals surface area contributed by atoms with Crippen molar-refractivity contribution in [3.63, 3.8) is 0 Å². The molecule has 1 aliphatic rings. The van der Waals surface area contributed by atoms with Crippen LogP contribution in [0.3, 0.4) is 0 Å². The standard InChI is InChI=1S/C24H23N7/c1-2-8-31(9-3-1)15-16-10-17(14-26-12-16)19-4-5-21-23(28-19)24(30-29-21)22-11-18-13-25-7-6-20(18)27-22/h4-7,10-14,27H,1-3,8-9,15H2,(H,29,30). The summed E-state index contributed by atoms with van der Waals surface area (Å²) in [5, 5.41) is 8.69. The van der Waals surface area contributed by atoms with E-state index in [1.54, 1.807) is 6.20 Å². The van der Waals surface area contributed by atoms with Crippen LogP contribution in [0.15, 0.2) is 55.1 Å². The van der Waals surface area contributed by atoms with Crippen LogP contribution >= 0.6 is 0 Å². The molecular weight excluding hydrogens is 386 g/mol. The lowest BCUT2D eigenvalue weighted by Gasteiger charge is -2.26. The fourth-order valence-corrected chi connectivity index (χ4v) is 4.44. The van der Waals surface area contributed by atoms with Gasteiger partial charge in [0.05, 0.1) is 16.9 Å². The summed E-state index contributed by atoms with van der Waals surface area (Å²) < 4.78 is 0. The van der Waals surface area contributed by atoms with Gasteiger partial charge in [0.1, 0.15) is 11.2 Å². The molecule has 6 heterocycles. The molecule has 2 N–H and O–H groups in total. The molecular formula is C24H23N7. The number of hydrogen-bond donors (Lipinski definition) is 2. The fourth-order valence-electron chi connectivity index (χ4n) is 4.44. The summed E-state index contributed by atoms with van der Waals surface area (Å²) >= 11 is 0. The van der Waals surface area contributed by atoms with Gasteiger partial charge in [0, 0.05) is 47.8 Å². The maximum absolute atomic E-state index is 4.96. The summed E-state index contributed by atoms with van der Waals surface area (Å²) in [6.45, 7) is 3.29. The normalized spacial score (nSPS) is 15.1. The number of aromatic nitrogens is 6. The average molecular weight is 409 g/mol. The zero-order valence-electron chi connectivity index (χ0n) is 17.2. The molecule has 0 atom stereocenters. The molecule has 31 heavy (non-hydrogen) atoms. The molecule has 7 heteroatoms. The summed E-state index contributed by atoms with van der Waals surface area (Å²) in [5.74, 6) is 0. The number of likely N-dealkylation sites (tertiary alicyclic amines) is 1. The molecule has 5 aromatic heterocycles. The Morgan fingerprint density at radius 2 is 1.84 bits per heavy atom. The molecule has 154 valence electrons. The highest BCUT2D eigenvalue weighted by molar-refractivity contribution is 5.94. The number of nitrogens with one attached hydrogen (secondary N) is 2. The van der Waals surface area contributed by atoms with Crippen LogP contribution in [0.25, 0.3) is 44.6 Å². The van der Waals surface area contributed by atoms with E-state index < -0.39 is 0 Å². The van der Waals surface area contributed by atoms with E-state index in [1.807, 2.05) is 36.8 Å². The third-order valence-electron chi connectivity index (χ3n) is 6.03. The predicted octanol–water partition coefficient (Wildman–Crippen LogP) is 4.55. The maximum Gasteiger partial charge on any atom is 0.135 e. The minimum Gasteiger partial charge on any atom is -0.353 e. The molecule has 0 aromatic carbocycles. The topological polar surface area (TPSA) is 86.4 Å². The van der Waals surface area contributed by atoms with Crippen LogP contribution in [-0.2, 0) is 6.54 Å². The first kappa shape index (κ1) is 18.2. The van der Waals surface area contributed by atoms with E-state index in [0.717, 1.165) is 51.1 Å². The van der Waals surface area contributed by atoms with Crippen molar-refractivity contribution < 1.29 is 0 Å². The molecule has 1 fully saturated rings. The Morgan fingerprint density at radius 1 is 0.903 bits per heavy atom. The molecule has 0 radical (unpaired) electrons. The number of H-pyrrole nitrogens is 2. The summed E-state index contributed by atoms with van der Waals surface area (Å²) in [4.78, 5) is 19.6. The van der Waals surface area contributed by atoms with E-state index in [1.165, 1.54) is 37.9 Å². The van der Waals surface area contributed by atoms with Gasteiger partial charge in [0.15, 0.2) is 0 Å². The summed E-state index contributed by atoms with van der Waals surface area (Å²) in [5.41, 5.74) is 7.70. The van der Waals surface area contributed by atoms with Gasteiger partial charge in [-0.1, -0.05) is 6.42 Å². The zero-order chi connectivity index (χ0) is 20.6. The molecule has 7 nitrogen and oxygen atoms in total. The Balaban J connectivity index is 1.36. The monoisotopic (exact) mass is 409 g/mol. The first-order chi connectivity index (χ1) is 15.3. The van der Waals surface area contributed by atoms with Crippen LogP contribution in [0.1, 0.15) is 24.8 Å². The second-order valence-corrected chi connectivity index (χ2v) is 8.23. The van der Waals surface area contributed by atoms with Crippen molar-refractivity contribution in [3.05, 3.63) is 60.7 Å². The minimum absolute atomic E-state index is 0.811. The number of rotatable bonds is 4. The lowest BCUT2D eigenvalue weighted by molar-refractivity contribution is 0.220. The van der Waals surface area contributed by atoms with Crippen LogP contribution in [-0.4, -0.2) is 48.1 Å². The Hall–Kier alpha value is -3.58. The maximum atomic E-state index is 4.96. The van der Waals surface area contributed by atoms with Crippen LogP contribution < -0.4 is 0 Å². The Labute approximate surface area is 179 Å². The van der Waals surface area contributed by atoms with Crippen molar-refractivity contribution in [1.29, 1.82) is 0 Å². The molecule has 0 saturated carbocycles. The Morgan fingerprint density at radius 3 is 2.74 bits per heavy atom. The summed E-state index contributed by atoms with van der Waals surface area (Å²) in [6.07, 6.45) is 11.4. The lowest BCUT2D eigenvalue weighted by Crippen LogP contribution is -2.29. The zero-order valence-corrected chi connectivity index (χ0v) is 17.2. The lowest BCUT2D eigenvalue weighted by atomic mass is 10.1. The van der Waals surface area contributed by atoms with Crippen molar-refractivity contribution in [2.24, 2.45) is 0 Å². The highest BCUT2D eigenvalue weighted by Gasteiger charge is 2.15. The largest absolute Gasteiger partial charge is 0.353 e. The van der Waals surface area contributed by atoms with Gasteiger partial charge in [0.25, 0.3) is 0 Å². The second-order valence-electron chi connectivity index (χ2n) is 8.23. The van der Waals surface area contributed by atoms with Gasteiger partial charge in [-0.05, 0) is 61.8 Å². The fraction of sp³-hybridized carbons (Fsp3) is 0.250. The van der Waals surface area contributed by atoms with Crippen molar-refractivity contribution in [3.8, 4) is 22.6 Å². The third-order valence-corrected chi connectivity index (χ3v) is 6.03. The molecule has 6 rings (SSSR count). The third kappa shape index (κ3) is 3.47. The van der Waals surface area contributed by atoms with Crippen LogP contribution in [0.5, 0.6) is 0 Å². The average Bonchev–Trinajstić information content (AvgIpc) is 3.43. The van der Waals surface area contributed by atoms with Crippen LogP contribution in [0.2, 0.25) is 0 Å². The van der Waals surface area contributed by atoms with E-state index in [-0.39, 0.29) is 0 Å². The van der Waals surface area contributed by atoms with Gasteiger partial charge < -0.3 is 4.98 Å². The van der Waals surface area contributed by atoms with Gasteiger partial charge in [0.2, 0.25) is 0 Å². The molecule has 1 aliphatic heterocycles. The number of aromatic amines is 2. The molecule has 0 unspecified atom stereocenters. The van der Waals surface area contributed by atoms with Gasteiger partial charge in [-0.3, -0.25) is 20.0 Å². The van der Waals surface area contributed by atoms with Gasteiger partial charge >= 0.3 is 0 Å². The molecule has 1 saturated heterocycles. The van der Waals surface area contributed by atoms with E-state index in [4.69, 9.17) is 4.98 Å². The smallest absolute Gasteiger partial charge is 0.135 e. The van der Waals surface area contributed by atoms with E-state index in [9.17, 15) is 0 Å². The predicted molar refractivity (Wildman–Crippen MR) is 121 cm³/mol. The van der Waals surface area contributed by atoms with Crippen LogP contribution in [0.4, 0.5) is 0 Å². The quantitative estimate of drug-likeness (QED) is 0.455. The van der Waals surface area contributed by atoms with Crippen molar-refractivity contribution >= 4 is 21.9 Å². The Bertz CT molecular complexity index is 1330. The summed E-state index contributed by atoms with van der Waals surface area (Å²) in [7, 11) is 0. The molecule has 5 aromatic rings. The Kier molecular flexibility index (Phi) is 4.46. The molecule has 0 aliphatic carbocycles. The van der Waals surface area contributed by atoms with E-state index in [0.29, 0.717) is 0 Å². The van der Waals surface area contributed by atoms with Crippen molar-refractivity contribution in [1.82, 2.24) is 35.0 Å². The first-order valence-corrected chi connectivity index (χ1v) is 10.8. The van der Waals surface area contributed by atoms with E-state index >= 15 is 0 Å². The molecule has 0 spiro atoms. The highest BCUT2D eigenvalue weighted by atomic mass is 15.1. The first-order valence-electron chi connectivity index (χ1n) is 10.8. The van der Waals surface area contributed by atoms with Gasteiger partial charge in [-0.25, -0.2) is 4.98 Å². The van der Waals surface area contributed by atoms with E-state index in [2.05, 4.69) is 42.2 Å². The number of piperidine rings is 1. The van der Waals surface area contributed by atoms with Gasteiger partial charge in [-0.15, -0.1) is 0 Å². The SMILES string of the molecule is c1cc2[nH]c(-c3n[nH]c4ccc(-c5cncc(CN6CCCCC6)c5)nc34)cc2cn1. The molecule has 0 amide bonds. The van der Waals surface area contributed by atoms with Gasteiger partial charge in [-0.2, -0.15) is 5.10 Å². The number of hydrogen-bond acceptors (Lipinski definition) is 5. The molecule has 0 bridgehead atoms. The highest BCUT2D eigenvalue weighted by Crippen LogP contribution is 2.29. The minimum atomic E-state index is 0.811. The second kappa shape index (κ2) is 7.59. The number of pyridine rings is 3. The van der Waals surface area contributed by atoms with Crippen LogP contribution in [0, 0.1) is 0 Å². The van der Waals surface area contributed by atoms with Crippen molar-refractivity contribution in [2.75, 3.05) is 13.1 Å². The summed E-state index contributed by atoms with van der Waals surface area (Å²) in [6, 6.07) is 10.3.